The van der Waals surface area contributed by atoms with Crippen LogP contribution in [0.3, 0.4) is 0 Å². The second-order valence-electron chi connectivity index (χ2n) is 8.07. The van der Waals surface area contributed by atoms with E-state index in [1.165, 1.54) is 0 Å². The van der Waals surface area contributed by atoms with Crippen molar-refractivity contribution in [3.8, 4) is 0 Å². The summed E-state index contributed by atoms with van der Waals surface area (Å²) in [5, 5.41) is 1.62. The van der Waals surface area contributed by atoms with Gasteiger partial charge in [-0.3, -0.25) is 19.1 Å². The van der Waals surface area contributed by atoms with E-state index >= 15 is 0 Å². The number of hydrogen-bond acceptors (Lipinski definition) is 4. The van der Waals surface area contributed by atoms with Crippen molar-refractivity contribution in [1.82, 2.24) is 14.1 Å². The van der Waals surface area contributed by atoms with Crippen LogP contribution >= 0.6 is 23.4 Å². The lowest BCUT2D eigenvalue weighted by Gasteiger charge is -2.25. The number of aromatic nitrogens is 3. The maximum atomic E-state index is 13.2. The Balaban J connectivity index is 1.78. The van der Waals surface area contributed by atoms with E-state index in [4.69, 9.17) is 16.6 Å². The summed E-state index contributed by atoms with van der Waals surface area (Å²) in [5.74, 6) is 0. The molecular weight excluding hydrogens is 428 g/mol. The van der Waals surface area contributed by atoms with Crippen molar-refractivity contribution in [3.63, 3.8) is 0 Å². The molecule has 31 heavy (non-hydrogen) atoms. The number of allylic oxidation sites excluding steroid dienone is 1. The van der Waals surface area contributed by atoms with E-state index in [2.05, 4.69) is 11.1 Å². The van der Waals surface area contributed by atoms with Gasteiger partial charge in [-0.05, 0) is 55.8 Å². The fourth-order valence-corrected chi connectivity index (χ4v) is 5.44. The quantitative estimate of drug-likeness (QED) is 0.499. The zero-order valence-electron chi connectivity index (χ0n) is 17.8. The zero-order chi connectivity index (χ0) is 22.0. The van der Waals surface area contributed by atoms with Crippen molar-refractivity contribution in [2.45, 2.75) is 48.2 Å². The van der Waals surface area contributed by atoms with Crippen LogP contribution in [0.25, 0.3) is 0 Å². The van der Waals surface area contributed by atoms with Crippen LogP contribution in [0.5, 0.6) is 0 Å². The van der Waals surface area contributed by atoms with Crippen LogP contribution in [0.1, 0.15) is 31.1 Å². The van der Waals surface area contributed by atoms with E-state index in [1.54, 1.807) is 28.7 Å². The van der Waals surface area contributed by atoms with Gasteiger partial charge in [0, 0.05) is 54.5 Å². The molecule has 1 aromatic carbocycles. The number of rotatable bonds is 7. The summed E-state index contributed by atoms with van der Waals surface area (Å²) in [6.07, 6.45) is 10.9. The van der Waals surface area contributed by atoms with Gasteiger partial charge in [0.15, 0.2) is 0 Å². The second-order valence-corrected chi connectivity index (χ2v) is 9.57. The lowest BCUT2D eigenvalue weighted by Crippen LogP contribution is -2.30. The Hall–Kier alpha value is -2.57. The molecule has 0 spiro atoms. The maximum Gasteiger partial charge on any atom is 0.329 e. The van der Waals surface area contributed by atoms with Gasteiger partial charge in [0.05, 0.1) is 11.2 Å². The van der Waals surface area contributed by atoms with E-state index in [0.29, 0.717) is 11.4 Å². The summed E-state index contributed by atoms with van der Waals surface area (Å²) in [6, 6.07) is 11.8. The fraction of sp³-hybridized carbons (Fsp3) is 0.292. The van der Waals surface area contributed by atoms with Gasteiger partial charge in [0.2, 0.25) is 0 Å². The normalized spacial score (nSPS) is 17.7. The maximum absolute atomic E-state index is 13.2. The average molecular weight is 453 g/mol. The Bertz CT molecular complexity index is 1180. The molecule has 0 fully saturated rings. The van der Waals surface area contributed by atoms with E-state index in [1.807, 2.05) is 74.2 Å². The number of hydrogen-bond donors (Lipinski definition) is 0. The smallest absolute Gasteiger partial charge is 0.298 e. The van der Waals surface area contributed by atoms with Crippen molar-refractivity contribution < 1.29 is 0 Å². The first-order valence-electron chi connectivity index (χ1n) is 10.2. The Morgan fingerprint density at radius 1 is 1.16 bits per heavy atom. The molecule has 5 nitrogen and oxygen atoms in total. The van der Waals surface area contributed by atoms with E-state index in [9.17, 15) is 4.79 Å². The molecule has 0 amide bonds. The molecule has 1 aliphatic heterocycles. The minimum atomic E-state index is -0.432. The molecule has 3 aromatic rings. The molecule has 160 valence electrons. The Labute approximate surface area is 191 Å². The van der Waals surface area contributed by atoms with E-state index < -0.39 is 5.54 Å². The fourth-order valence-electron chi connectivity index (χ4n) is 3.92. The predicted octanol–water partition coefficient (Wildman–Crippen LogP) is 5.13. The first-order chi connectivity index (χ1) is 14.9. The summed E-state index contributed by atoms with van der Waals surface area (Å²) in [5.41, 5.74) is 1.69. The van der Waals surface area contributed by atoms with Gasteiger partial charge in [-0.15, -0.1) is 0 Å². The van der Waals surface area contributed by atoms with E-state index in [0.717, 1.165) is 27.6 Å². The van der Waals surface area contributed by atoms with Gasteiger partial charge in [-0.1, -0.05) is 35.5 Å². The highest BCUT2D eigenvalue weighted by Gasteiger charge is 2.33. The average Bonchev–Trinajstić information content (AvgIpc) is 3.28. The monoisotopic (exact) mass is 452 g/mol. The van der Waals surface area contributed by atoms with Crippen molar-refractivity contribution in [3.05, 3.63) is 87.7 Å². The zero-order valence-corrected chi connectivity index (χ0v) is 19.4. The Kier molecular flexibility index (Phi) is 6.21. The minimum Gasteiger partial charge on any atom is -0.298 e. The van der Waals surface area contributed by atoms with Crippen LogP contribution in [-0.4, -0.2) is 25.9 Å². The van der Waals surface area contributed by atoms with Crippen molar-refractivity contribution >= 4 is 29.6 Å². The Morgan fingerprint density at radius 2 is 1.94 bits per heavy atom. The molecule has 3 heterocycles. The van der Waals surface area contributed by atoms with Crippen LogP contribution in [0.4, 0.5) is 0 Å². The third kappa shape index (κ3) is 4.55. The SMILES string of the molecule is CC(C)n1c(Sc2cccc(Cl)c2)c(CC2(Cc3ccncc3)C=CC=N2)n(C)c1=O. The third-order valence-electron chi connectivity index (χ3n) is 5.45. The summed E-state index contributed by atoms with van der Waals surface area (Å²) in [4.78, 5) is 23.1. The largest absolute Gasteiger partial charge is 0.329 e. The molecule has 2 aromatic heterocycles. The Morgan fingerprint density at radius 3 is 2.58 bits per heavy atom. The molecular formula is C24H25ClN4OS. The predicted molar refractivity (Wildman–Crippen MR) is 128 cm³/mol. The summed E-state index contributed by atoms with van der Waals surface area (Å²) in [6.45, 7) is 4.07. The van der Waals surface area contributed by atoms with Crippen LogP contribution in [0.15, 0.2) is 80.7 Å². The molecule has 0 saturated heterocycles. The van der Waals surface area contributed by atoms with Crippen molar-refractivity contribution in [1.29, 1.82) is 0 Å². The highest BCUT2D eigenvalue weighted by atomic mass is 35.5. The molecule has 0 aliphatic carbocycles. The summed E-state index contributed by atoms with van der Waals surface area (Å²) in [7, 11) is 1.85. The molecule has 0 radical (unpaired) electrons. The van der Waals surface area contributed by atoms with Gasteiger partial charge in [-0.25, -0.2) is 4.79 Å². The van der Waals surface area contributed by atoms with Crippen LogP contribution in [0, 0.1) is 0 Å². The number of imidazole rings is 1. The molecule has 1 aliphatic rings. The molecule has 7 heteroatoms. The third-order valence-corrected chi connectivity index (χ3v) is 6.80. The molecule has 0 N–H and O–H groups in total. The van der Waals surface area contributed by atoms with Gasteiger partial charge >= 0.3 is 5.69 Å². The highest BCUT2D eigenvalue weighted by Crippen LogP contribution is 2.36. The minimum absolute atomic E-state index is 0.0143. The summed E-state index contributed by atoms with van der Waals surface area (Å²) < 4.78 is 3.63. The molecule has 0 saturated carbocycles. The number of aliphatic imine (C=N–C) groups is 1. The van der Waals surface area contributed by atoms with Crippen LogP contribution in [-0.2, 0) is 19.9 Å². The first-order valence-corrected chi connectivity index (χ1v) is 11.4. The molecule has 1 unspecified atom stereocenters. The number of halogens is 1. The lowest BCUT2D eigenvalue weighted by atomic mass is 9.88. The van der Waals surface area contributed by atoms with Crippen LogP contribution < -0.4 is 5.69 Å². The molecule has 1 atom stereocenters. The summed E-state index contributed by atoms with van der Waals surface area (Å²) >= 11 is 7.80. The lowest BCUT2D eigenvalue weighted by molar-refractivity contribution is 0.508. The van der Waals surface area contributed by atoms with Gasteiger partial charge in [0.25, 0.3) is 0 Å². The van der Waals surface area contributed by atoms with Gasteiger partial charge in [-0.2, -0.15) is 0 Å². The number of pyridine rings is 1. The topological polar surface area (TPSA) is 52.2 Å². The van der Waals surface area contributed by atoms with Gasteiger partial charge < -0.3 is 0 Å². The van der Waals surface area contributed by atoms with Gasteiger partial charge in [0.1, 0.15) is 5.03 Å². The number of benzene rings is 1. The molecule has 4 rings (SSSR count). The highest BCUT2D eigenvalue weighted by molar-refractivity contribution is 7.99. The van der Waals surface area contributed by atoms with Crippen LogP contribution in [0.2, 0.25) is 5.02 Å². The first kappa shape index (κ1) is 21.7. The van der Waals surface area contributed by atoms with Crippen molar-refractivity contribution in [2.24, 2.45) is 12.0 Å². The van der Waals surface area contributed by atoms with E-state index in [-0.39, 0.29) is 11.7 Å². The second kappa shape index (κ2) is 8.89. The molecule has 0 bridgehead atoms. The van der Waals surface area contributed by atoms with Crippen molar-refractivity contribution in [2.75, 3.05) is 0 Å². The number of nitrogens with zero attached hydrogens (tertiary/aromatic N) is 4. The standard InChI is InChI=1S/C24H25ClN4OS/c1-17(2)29-22(31-20-7-4-6-19(25)14-20)21(28(3)23(29)30)16-24(10-5-11-27-24)15-18-8-12-26-13-9-18/h4-14,17H,15-16H2,1-3H3.